The first kappa shape index (κ1) is 17.7. The van der Waals surface area contributed by atoms with E-state index in [-0.39, 0.29) is 5.75 Å². The third kappa shape index (κ3) is 4.65. The molecule has 0 aliphatic heterocycles. The topological polar surface area (TPSA) is 12.5 Å². The Bertz CT molecular complexity index is 743. The number of rotatable bonds is 5. The molecule has 0 aromatic heterocycles. The third-order valence-electron chi connectivity index (χ3n) is 3.46. The zero-order valence-electron chi connectivity index (χ0n) is 13.7. The molecule has 2 aromatic rings. The fourth-order valence-corrected chi connectivity index (χ4v) is 2.13. The van der Waals surface area contributed by atoms with Gasteiger partial charge in [0, 0.05) is 19.8 Å². The number of ether oxygens (including phenoxy) is 1. The SMILES string of the molecule is CC(=Cc1ccc(OC(F)=C(F)F)cc1)c1ccc(N(C)C)cc1. The molecule has 126 valence electrons. The second-order valence-electron chi connectivity index (χ2n) is 5.47. The highest BCUT2D eigenvalue weighted by Crippen LogP contribution is 2.23. The van der Waals surface area contributed by atoms with Crippen molar-refractivity contribution in [2.45, 2.75) is 6.92 Å². The second-order valence-corrected chi connectivity index (χ2v) is 5.47. The minimum atomic E-state index is -2.48. The number of hydrogen-bond donors (Lipinski definition) is 0. The Morgan fingerprint density at radius 1 is 0.917 bits per heavy atom. The van der Waals surface area contributed by atoms with Crippen LogP contribution in [-0.2, 0) is 0 Å². The van der Waals surface area contributed by atoms with Crippen molar-refractivity contribution >= 4 is 17.3 Å². The summed E-state index contributed by atoms with van der Waals surface area (Å²) in [6, 6.07) is 12.5. The maximum Gasteiger partial charge on any atom is 0.344 e. The Hall–Kier alpha value is -2.69. The molecule has 24 heavy (non-hydrogen) atoms. The summed E-state index contributed by atoms with van der Waals surface area (Å²) in [5.74, 6) is 0.0189. The fraction of sp³-hybridized carbons (Fsp3) is 0.158. The van der Waals surface area contributed by atoms with E-state index < -0.39 is 12.1 Å². The maximum atomic E-state index is 12.7. The molecular weight excluding hydrogens is 315 g/mol. The van der Waals surface area contributed by atoms with Gasteiger partial charge in [0.25, 0.3) is 0 Å². The van der Waals surface area contributed by atoms with Gasteiger partial charge in [0.1, 0.15) is 5.75 Å². The molecular formula is C19H18F3NO. The van der Waals surface area contributed by atoms with Crippen LogP contribution in [0.15, 0.2) is 60.6 Å². The Kier molecular flexibility index (Phi) is 5.68. The monoisotopic (exact) mass is 333 g/mol. The highest BCUT2D eigenvalue weighted by molar-refractivity contribution is 5.80. The standard InChI is InChI=1S/C19H18F3NO/c1-13(15-6-8-16(9-7-15)23(2)3)12-14-4-10-17(11-5-14)24-19(22)18(20)21/h4-12H,1-3H3. The average Bonchev–Trinajstić information content (AvgIpc) is 2.56. The first-order valence-electron chi connectivity index (χ1n) is 7.31. The Balaban J connectivity index is 2.14. The van der Waals surface area contributed by atoms with E-state index in [0.717, 1.165) is 22.4 Å². The van der Waals surface area contributed by atoms with Crippen LogP contribution in [0.3, 0.4) is 0 Å². The van der Waals surface area contributed by atoms with Gasteiger partial charge in [0.05, 0.1) is 0 Å². The van der Waals surface area contributed by atoms with Crippen LogP contribution in [0.25, 0.3) is 11.6 Å². The molecule has 0 fully saturated rings. The number of hydrogen-bond acceptors (Lipinski definition) is 2. The van der Waals surface area contributed by atoms with Crippen LogP contribution in [0, 0.1) is 0 Å². The lowest BCUT2D eigenvalue weighted by Gasteiger charge is -2.12. The van der Waals surface area contributed by atoms with Gasteiger partial charge in [-0.1, -0.05) is 30.3 Å². The highest BCUT2D eigenvalue weighted by atomic mass is 19.3. The predicted octanol–water partition coefficient (Wildman–Crippen LogP) is 5.73. The minimum Gasteiger partial charge on any atom is -0.428 e. The van der Waals surface area contributed by atoms with Crippen LogP contribution >= 0.6 is 0 Å². The molecule has 0 unspecified atom stereocenters. The highest BCUT2D eigenvalue weighted by Gasteiger charge is 2.07. The van der Waals surface area contributed by atoms with Gasteiger partial charge in [0.15, 0.2) is 0 Å². The molecule has 0 amide bonds. The van der Waals surface area contributed by atoms with Crippen molar-refractivity contribution in [1.29, 1.82) is 0 Å². The molecule has 2 nitrogen and oxygen atoms in total. The number of anilines is 1. The molecule has 0 aliphatic carbocycles. The maximum absolute atomic E-state index is 12.7. The number of nitrogens with zero attached hydrogens (tertiary/aromatic N) is 1. The second kappa shape index (κ2) is 7.73. The van der Waals surface area contributed by atoms with Gasteiger partial charge in [-0.05, 0) is 47.9 Å². The molecule has 2 rings (SSSR count). The Morgan fingerprint density at radius 3 is 2.00 bits per heavy atom. The van der Waals surface area contributed by atoms with Gasteiger partial charge in [-0.25, -0.2) is 0 Å². The Labute approximate surface area is 139 Å². The van der Waals surface area contributed by atoms with E-state index in [4.69, 9.17) is 0 Å². The molecule has 0 radical (unpaired) electrons. The molecule has 0 bridgehead atoms. The lowest BCUT2D eigenvalue weighted by molar-refractivity contribution is 0.241. The molecule has 0 saturated carbocycles. The summed E-state index contributed by atoms with van der Waals surface area (Å²) in [5.41, 5.74) is 4.11. The van der Waals surface area contributed by atoms with Gasteiger partial charge in [-0.3, -0.25) is 0 Å². The molecule has 0 heterocycles. The summed E-state index contributed by atoms with van der Waals surface area (Å²) >= 11 is 0. The van der Waals surface area contributed by atoms with Crippen LogP contribution in [-0.4, -0.2) is 14.1 Å². The zero-order valence-corrected chi connectivity index (χ0v) is 13.7. The van der Waals surface area contributed by atoms with Crippen molar-refractivity contribution in [2.24, 2.45) is 0 Å². The first-order chi connectivity index (χ1) is 11.4. The lowest BCUT2D eigenvalue weighted by atomic mass is 10.0. The molecule has 0 aliphatic rings. The van der Waals surface area contributed by atoms with Gasteiger partial charge < -0.3 is 9.64 Å². The quantitative estimate of drug-likeness (QED) is 0.512. The van der Waals surface area contributed by atoms with E-state index in [0.29, 0.717) is 0 Å². The smallest absolute Gasteiger partial charge is 0.344 e. The van der Waals surface area contributed by atoms with Crippen molar-refractivity contribution < 1.29 is 17.9 Å². The molecule has 0 saturated heterocycles. The minimum absolute atomic E-state index is 0.0189. The summed E-state index contributed by atoms with van der Waals surface area (Å²) in [5, 5.41) is 0. The van der Waals surface area contributed by atoms with E-state index in [1.165, 1.54) is 12.1 Å². The van der Waals surface area contributed by atoms with Crippen molar-refractivity contribution in [1.82, 2.24) is 0 Å². The van der Waals surface area contributed by atoms with Gasteiger partial charge in [-0.15, -0.1) is 0 Å². The van der Waals surface area contributed by atoms with E-state index in [9.17, 15) is 13.2 Å². The fourth-order valence-electron chi connectivity index (χ4n) is 2.13. The van der Waals surface area contributed by atoms with E-state index in [2.05, 4.69) is 4.74 Å². The van der Waals surface area contributed by atoms with Crippen LogP contribution in [0.5, 0.6) is 5.75 Å². The summed E-state index contributed by atoms with van der Waals surface area (Å²) in [4.78, 5) is 2.02. The zero-order chi connectivity index (χ0) is 17.7. The third-order valence-corrected chi connectivity index (χ3v) is 3.46. The molecule has 2 aromatic carbocycles. The summed E-state index contributed by atoms with van der Waals surface area (Å²) in [6.45, 7) is 1.98. The van der Waals surface area contributed by atoms with E-state index in [1.807, 2.05) is 56.3 Å². The molecule has 0 spiro atoms. The Morgan fingerprint density at radius 2 is 1.50 bits per heavy atom. The molecule has 0 N–H and O–H groups in total. The van der Waals surface area contributed by atoms with Crippen LogP contribution in [0.4, 0.5) is 18.9 Å². The normalized spacial score (nSPS) is 11.2. The first-order valence-corrected chi connectivity index (χ1v) is 7.31. The van der Waals surface area contributed by atoms with E-state index in [1.54, 1.807) is 12.1 Å². The number of halogens is 3. The largest absolute Gasteiger partial charge is 0.428 e. The van der Waals surface area contributed by atoms with Crippen molar-refractivity contribution in [2.75, 3.05) is 19.0 Å². The predicted molar refractivity (Wildman–Crippen MR) is 91.7 cm³/mol. The van der Waals surface area contributed by atoms with Crippen molar-refractivity contribution in [3.8, 4) is 5.75 Å². The average molecular weight is 333 g/mol. The van der Waals surface area contributed by atoms with Crippen molar-refractivity contribution in [3.63, 3.8) is 0 Å². The van der Waals surface area contributed by atoms with E-state index >= 15 is 0 Å². The van der Waals surface area contributed by atoms with Crippen LogP contribution in [0.2, 0.25) is 0 Å². The summed E-state index contributed by atoms with van der Waals surface area (Å²) in [7, 11) is 3.96. The molecule has 5 heteroatoms. The van der Waals surface area contributed by atoms with Gasteiger partial charge in [-0.2, -0.15) is 13.2 Å². The van der Waals surface area contributed by atoms with Crippen LogP contribution in [0.1, 0.15) is 18.1 Å². The summed E-state index contributed by atoms with van der Waals surface area (Å²) in [6.07, 6.45) is -0.521. The number of allylic oxidation sites excluding steroid dienone is 1. The lowest BCUT2D eigenvalue weighted by Crippen LogP contribution is -2.08. The van der Waals surface area contributed by atoms with Gasteiger partial charge in [0.2, 0.25) is 0 Å². The van der Waals surface area contributed by atoms with Crippen molar-refractivity contribution in [3.05, 3.63) is 71.8 Å². The number of benzene rings is 2. The van der Waals surface area contributed by atoms with Gasteiger partial charge >= 0.3 is 12.1 Å². The van der Waals surface area contributed by atoms with Crippen LogP contribution < -0.4 is 9.64 Å². The molecule has 0 atom stereocenters. The summed E-state index contributed by atoms with van der Waals surface area (Å²) < 4.78 is 41.1.